The summed E-state index contributed by atoms with van der Waals surface area (Å²) in [6.07, 6.45) is 0.397. The third-order valence-corrected chi connectivity index (χ3v) is 4.81. The number of rotatable bonds is 6. The van der Waals surface area contributed by atoms with E-state index >= 15 is 0 Å². The number of benzene rings is 2. The highest BCUT2D eigenvalue weighted by Gasteiger charge is 2.32. The maximum atomic E-state index is 14.1. The highest BCUT2D eigenvalue weighted by Crippen LogP contribution is 2.30. The van der Waals surface area contributed by atoms with Gasteiger partial charge in [-0.25, -0.2) is 30.4 Å². The standard InChI is InChI=1S/C16H12F5NO3S/c1-3-4-9-12(18)13(19)14(20)15(21)16(9)26(23,24)22-8-5-6-11(25-2)10(17)7-8/h3,5-7,22H,1,4H2,2H3. The summed E-state index contributed by atoms with van der Waals surface area (Å²) in [6, 6.07) is 2.89. The van der Waals surface area contributed by atoms with Gasteiger partial charge in [-0.3, -0.25) is 4.72 Å². The van der Waals surface area contributed by atoms with Crippen molar-refractivity contribution in [3.05, 3.63) is 65.5 Å². The quantitative estimate of drug-likeness (QED) is 0.350. The van der Waals surface area contributed by atoms with Gasteiger partial charge in [-0.15, -0.1) is 6.58 Å². The van der Waals surface area contributed by atoms with Gasteiger partial charge in [0, 0.05) is 11.6 Å². The molecule has 0 aliphatic heterocycles. The van der Waals surface area contributed by atoms with Crippen molar-refractivity contribution in [2.45, 2.75) is 11.3 Å². The molecular weight excluding hydrogens is 381 g/mol. The van der Waals surface area contributed by atoms with Gasteiger partial charge in [0.05, 0.1) is 12.8 Å². The van der Waals surface area contributed by atoms with E-state index in [1.807, 2.05) is 0 Å². The molecular formula is C16H12F5NO3S. The molecule has 0 saturated carbocycles. The van der Waals surface area contributed by atoms with Crippen LogP contribution in [0.5, 0.6) is 5.75 Å². The summed E-state index contributed by atoms with van der Waals surface area (Å²) in [7, 11) is -3.74. The van der Waals surface area contributed by atoms with Gasteiger partial charge in [0.25, 0.3) is 10.0 Å². The average Bonchev–Trinajstić information content (AvgIpc) is 2.57. The van der Waals surface area contributed by atoms with Crippen molar-refractivity contribution in [3.63, 3.8) is 0 Å². The first-order valence-corrected chi connectivity index (χ1v) is 8.44. The summed E-state index contributed by atoms with van der Waals surface area (Å²) in [6.45, 7) is 3.23. The van der Waals surface area contributed by atoms with E-state index in [0.717, 1.165) is 24.3 Å². The van der Waals surface area contributed by atoms with E-state index in [2.05, 4.69) is 11.3 Å². The molecule has 10 heteroatoms. The Morgan fingerprint density at radius 1 is 1.08 bits per heavy atom. The van der Waals surface area contributed by atoms with Gasteiger partial charge < -0.3 is 4.74 Å². The van der Waals surface area contributed by atoms with Crippen molar-refractivity contribution in [1.82, 2.24) is 0 Å². The Balaban J connectivity index is 2.62. The second-order valence-electron chi connectivity index (χ2n) is 5.01. The maximum absolute atomic E-state index is 14.1. The van der Waals surface area contributed by atoms with Crippen molar-refractivity contribution >= 4 is 15.7 Å². The molecule has 140 valence electrons. The van der Waals surface area contributed by atoms with Crippen LogP contribution < -0.4 is 9.46 Å². The van der Waals surface area contributed by atoms with Crippen molar-refractivity contribution in [2.24, 2.45) is 0 Å². The summed E-state index contributed by atoms with van der Waals surface area (Å²) in [4.78, 5) is -1.43. The summed E-state index contributed by atoms with van der Waals surface area (Å²) in [5.74, 6) is -9.50. The van der Waals surface area contributed by atoms with Crippen LogP contribution in [-0.2, 0) is 16.4 Å². The van der Waals surface area contributed by atoms with Gasteiger partial charge in [0.1, 0.15) is 4.90 Å². The number of sulfonamides is 1. The van der Waals surface area contributed by atoms with Crippen LogP contribution in [0.4, 0.5) is 27.6 Å². The molecule has 0 aliphatic rings. The van der Waals surface area contributed by atoms with Gasteiger partial charge >= 0.3 is 0 Å². The summed E-state index contributed by atoms with van der Waals surface area (Å²) < 4.78 is 99.9. The molecule has 0 radical (unpaired) electrons. The monoisotopic (exact) mass is 393 g/mol. The lowest BCUT2D eigenvalue weighted by atomic mass is 10.1. The molecule has 0 aromatic heterocycles. The normalized spacial score (nSPS) is 11.3. The first-order chi connectivity index (χ1) is 12.1. The van der Waals surface area contributed by atoms with Crippen molar-refractivity contribution in [1.29, 1.82) is 0 Å². The fraction of sp³-hybridized carbons (Fsp3) is 0.125. The molecule has 0 bridgehead atoms. The zero-order valence-corrected chi connectivity index (χ0v) is 14.1. The Morgan fingerprint density at radius 2 is 1.69 bits per heavy atom. The fourth-order valence-corrected chi connectivity index (χ4v) is 3.56. The molecule has 0 aliphatic carbocycles. The second kappa shape index (κ2) is 7.32. The number of methoxy groups -OCH3 is 1. The molecule has 0 fully saturated rings. The van der Waals surface area contributed by atoms with E-state index in [4.69, 9.17) is 0 Å². The molecule has 0 atom stereocenters. The molecule has 0 amide bonds. The van der Waals surface area contributed by atoms with Gasteiger partial charge in [0.2, 0.25) is 0 Å². The highest BCUT2D eigenvalue weighted by atomic mass is 32.2. The van der Waals surface area contributed by atoms with E-state index in [1.165, 1.54) is 7.11 Å². The molecule has 26 heavy (non-hydrogen) atoms. The molecule has 0 heterocycles. The summed E-state index contributed by atoms with van der Waals surface area (Å²) in [5, 5.41) is 0. The SMILES string of the molecule is C=CCc1c(F)c(F)c(F)c(F)c1S(=O)(=O)Nc1ccc(OC)c(F)c1. The largest absolute Gasteiger partial charge is 0.494 e. The molecule has 2 aromatic rings. The smallest absolute Gasteiger partial charge is 0.265 e. The number of allylic oxidation sites excluding steroid dienone is 1. The van der Waals surface area contributed by atoms with Crippen LogP contribution in [0.25, 0.3) is 0 Å². The third kappa shape index (κ3) is 3.50. The highest BCUT2D eigenvalue weighted by molar-refractivity contribution is 7.92. The van der Waals surface area contributed by atoms with Crippen molar-refractivity contribution < 1.29 is 35.1 Å². The second-order valence-corrected chi connectivity index (χ2v) is 6.63. The van der Waals surface area contributed by atoms with E-state index in [1.54, 1.807) is 4.72 Å². The van der Waals surface area contributed by atoms with E-state index in [-0.39, 0.29) is 11.4 Å². The summed E-state index contributed by atoms with van der Waals surface area (Å²) >= 11 is 0. The van der Waals surface area contributed by atoms with Gasteiger partial charge in [-0.2, -0.15) is 0 Å². The number of hydrogen-bond acceptors (Lipinski definition) is 3. The molecule has 0 unspecified atom stereocenters. The van der Waals surface area contributed by atoms with E-state index in [0.29, 0.717) is 0 Å². The number of halogens is 5. The molecule has 1 N–H and O–H groups in total. The molecule has 0 saturated heterocycles. The number of anilines is 1. The van der Waals surface area contributed by atoms with Crippen LogP contribution >= 0.6 is 0 Å². The number of nitrogens with one attached hydrogen (secondary N) is 1. The Morgan fingerprint density at radius 3 is 2.23 bits per heavy atom. The Hall–Kier alpha value is -2.62. The van der Waals surface area contributed by atoms with Gasteiger partial charge in [-0.1, -0.05) is 6.08 Å². The van der Waals surface area contributed by atoms with Crippen LogP contribution in [0.1, 0.15) is 5.56 Å². The van der Waals surface area contributed by atoms with E-state index < -0.39 is 56.0 Å². The molecule has 4 nitrogen and oxygen atoms in total. The topological polar surface area (TPSA) is 55.4 Å². The minimum atomic E-state index is -4.92. The van der Waals surface area contributed by atoms with Crippen LogP contribution in [-0.4, -0.2) is 15.5 Å². The third-order valence-electron chi connectivity index (χ3n) is 3.34. The molecule has 2 rings (SSSR count). The Labute approximate surface area is 146 Å². The van der Waals surface area contributed by atoms with Crippen LogP contribution in [0.15, 0.2) is 35.7 Å². The first-order valence-electron chi connectivity index (χ1n) is 6.96. The molecule has 0 spiro atoms. The lowest BCUT2D eigenvalue weighted by Gasteiger charge is -2.15. The van der Waals surface area contributed by atoms with Crippen LogP contribution in [0, 0.1) is 29.1 Å². The number of hydrogen-bond donors (Lipinski definition) is 1. The van der Waals surface area contributed by atoms with Crippen molar-refractivity contribution in [3.8, 4) is 5.75 Å². The Kier molecular flexibility index (Phi) is 5.55. The van der Waals surface area contributed by atoms with Crippen molar-refractivity contribution in [2.75, 3.05) is 11.8 Å². The fourth-order valence-electron chi connectivity index (χ4n) is 2.20. The lowest BCUT2D eigenvalue weighted by molar-refractivity contribution is 0.386. The molecule has 2 aromatic carbocycles. The maximum Gasteiger partial charge on any atom is 0.265 e. The average molecular weight is 393 g/mol. The zero-order valence-electron chi connectivity index (χ0n) is 13.2. The summed E-state index contributed by atoms with van der Waals surface area (Å²) in [5.41, 5.74) is -1.31. The number of ether oxygens (including phenoxy) is 1. The van der Waals surface area contributed by atoms with Crippen LogP contribution in [0.3, 0.4) is 0 Å². The van der Waals surface area contributed by atoms with Crippen LogP contribution in [0.2, 0.25) is 0 Å². The van der Waals surface area contributed by atoms with E-state index in [9.17, 15) is 30.4 Å². The minimum absolute atomic E-state index is 0.189. The lowest BCUT2D eigenvalue weighted by Crippen LogP contribution is -2.20. The predicted octanol–water partition coefficient (Wildman–Crippen LogP) is 3.92. The first kappa shape index (κ1) is 19.7. The minimum Gasteiger partial charge on any atom is -0.494 e. The predicted molar refractivity (Wildman–Crippen MR) is 83.9 cm³/mol. The Bertz CT molecular complexity index is 977. The van der Waals surface area contributed by atoms with Gasteiger partial charge in [-0.05, 0) is 18.6 Å². The zero-order chi connectivity index (χ0) is 19.6. The van der Waals surface area contributed by atoms with Gasteiger partial charge in [0.15, 0.2) is 34.8 Å².